The average molecular weight is 321 g/mol. The SMILES string of the molecule is COc1ccc(-c2nc3ccc(-n4cncn4)cc3[nH]2)c(OC)c1. The molecular formula is C17H15N5O2. The van der Waals surface area contributed by atoms with Gasteiger partial charge in [0.05, 0.1) is 36.5 Å². The molecule has 0 unspecified atom stereocenters. The number of methoxy groups -OCH3 is 2. The zero-order valence-electron chi connectivity index (χ0n) is 13.2. The molecule has 4 aromatic rings. The molecule has 2 heterocycles. The smallest absolute Gasteiger partial charge is 0.142 e. The Hall–Kier alpha value is -3.35. The van der Waals surface area contributed by atoms with E-state index in [9.17, 15) is 0 Å². The van der Waals surface area contributed by atoms with Gasteiger partial charge in [0, 0.05) is 6.07 Å². The number of rotatable bonds is 4. The molecule has 0 radical (unpaired) electrons. The summed E-state index contributed by atoms with van der Waals surface area (Å²) >= 11 is 0. The highest BCUT2D eigenvalue weighted by atomic mass is 16.5. The molecular weight excluding hydrogens is 306 g/mol. The van der Waals surface area contributed by atoms with Crippen LogP contribution in [0.2, 0.25) is 0 Å². The van der Waals surface area contributed by atoms with Gasteiger partial charge in [-0.2, -0.15) is 5.10 Å². The molecule has 0 atom stereocenters. The Kier molecular flexibility index (Phi) is 3.38. The summed E-state index contributed by atoms with van der Waals surface area (Å²) < 4.78 is 12.4. The molecule has 0 amide bonds. The molecule has 0 aliphatic carbocycles. The Morgan fingerprint density at radius 1 is 1.04 bits per heavy atom. The number of ether oxygens (including phenoxy) is 2. The number of hydrogen-bond acceptors (Lipinski definition) is 5. The topological polar surface area (TPSA) is 77.9 Å². The molecule has 0 spiro atoms. The van der Waals surface area contributed by atoms with Crippen molar-refractivity contribution in [2.45, 2.75) is 0 Å². The summed E-state index contributed by atoms with van der Waals surface area (Å²) in [6.45, 7) is 0. The van der Waals surface area contributed by atoms with Gasteiger partial charge in [0.2, 0.25) is 0 Å². The van der Waals surface area contributed by atoms with E-state index in [4.69, 9.17) is 9.47 Å². The third-order valence-electron chi connectivity index (χ3n) is 3.81. The van der Waals surface area contributed by atoms with Crippen LogP contribution in [0.5, 0.6) is 11.5 Å². The fraction of sp³-hybridized carbons (Fsp3) is 0.118. The summed E-state index contributed by atoms with van der Waals surface area (Å²) in [5.41, 5.74) is 3.57. The number of aromatic amines is 1. The van der Waals surface area contributed by atoms with E-state index in [0.29, 0.717) is 5.75 Å². The van der Waals surface area contributed by atoms with Crippen molar-refractivity contribution in [2.24, 2.45) is 0 Å². The summed E-state index contributed by atoms with van der Waals surface area (Å²) in [4.78, 5) is 11.9. The van der Waals surface area contributed by atoms with Crippen LogP contribution in [-0.2, 0) is 0 Å². The van der Waals surface area contributed by atoms with E-state index in [1.54, 1.807) is 25.2 Å². The van der Waals surface area contributed by atoms with Gasteiger partial charge in [0.15, 0.2) is 0 Å². The summed E-state index contributed by atoms with van der Waals surface area (Å²) in [6, 6.07) is 11.5. The van der Waals surface area contributed by atoms with Crippen LogP contribution >= 0.6 is 0 Å². The Balaban J connectivity index is 1.81. The lowest BCUT2D eigenvalue weighted by atomic mass is 10.2. The summed E-state index contributed by atoms with van der Waals surface area (Å²) in [7, 11) is 3.26. The van der Waals surface area contributed by atoms with Crippen molar-refractivity contribution < 1.29 is 9.47 Å². The van der Waals surface area contributed by atoms with E-state index in [2.05, 4.69) is 20.1 Å². The molecule has 7 heteroatoms. The van der Waals surface area contributed by atoms with Gasteiger partial charge in [-0.15, -0.1) is 0 Å². The highest BCUT2D eigenvalue weighted by Crippen LogP contribution is 2.32. The lowest BCUT2D eigenvalue weighted by Gasteiger charge is -2.08. The predicted molar refractivity (Wildman–Crippen MR) is 89.6 cm³/mol. The highest BCUT2D eigenvalue weighted by Gasteiger charge is 2.12. The molecule has 0 fully saturated rings. The zero-order chi connectivity index (χ0) is 16.5. The lowest BCUT2D eigenvalue weighted by molar-refractivity contribution is 0.395. The van der Waals surface area contributed by atoms with Crippen LogP contribution in [0.1, 0.15) is 0 Å². The van der Waals surface area contributed by atoms with Crippen LogP contribution in [0.4, 0.5) is 0 Å². The van der Waals surface area contributed by atoms with Crippen molar-refractivity contribution in [3.05, 3.63) is 49.1 Å². The maximum Gasteiger partial charge on any atom is 0.142 e. The van der Waals surface area contributed by atoms with Gasteiger partial charge in [-0.1, -0.05) is 0 Å². The molecule has 2 aromatic carbocycles. The molecule has 7 nitrogen and oxygen atoms in total. The van der Waals surface area contributed by atoms with Crippen molar-refractivity contribution in [1.29, 1.82) is 0 Å². The van der Waals surface area contributed by atoms with Crippen LogP contribution < -0.4 is 9.47 Å². The number of nitrogens with one attached hydrogen (secondary N) is 1. The van der Waals surface area contributed by atoms with Crippen molar-refractivity contribution in [1.82, 2.24) is 24.7 Å². The molecule has 0 saturated heterocycles. The molecule has 24 heavy (non-hydrogen) atoms. The molecule has 0 aliphatic rings. The van der Waals surface area contributed by atoms with Crippen LogP contribution in [0.25, 0.3) is 28.1 Å². The third kappa shape index (κ3) is 2.36. The predicted octanol–water partition coefficient (Wildman–Crippen LogP) is 2.83. The van der Waals surface area contributed by atoms with Crippen LogP contribution in [0, 0.1) is 0 Å². The molecule has 0 bridgehead atoms. The number of imidazole rings is 1. The Bertz CT molecular complexity index is 992. The Morgan fingerprint density at radius 3 is 2.71 bits per heavy atom. The van der Waals surface area contributed by atoms with Gasteiger partial charge >= 0.3 is 0 Å². The minimum atomic E-state index is 0.699. The van der Waals surface area contributed by atoms with Crippen molar-refractivity contribution in [2.75, 3.05) is 14.2 Å². The van der Waals surface area contributed by atoms with E-state index in [0.717, 1.165) is 33.9 Å². The second-order valence-corrected chi connectivity index (χ2v) is 5.19. The minimum Gasteiger partial charge on any atom is -0.497 e. The van der Waals surface area contributed by atoms with E-state index < -0.39 is 0 Å². The molecule has 2 aromatic heterocycles. The van der Waals surface area contributed by atoms with Gasteiger partial charge in [-0.3, -0.25) is 0 Å². The van der Waals surface area contributed by atoms with Gasteiger partial charge < -0.3 is 14.5 Å². The van der Waals surface area contributed by atoms with Crippen molar-refractivity contribution in [3.8, 4) is 28.6 Å². The maximum absolute atomic E-state index is 5.46. The van der Waals surface area contributed by atoms with Gasteiger partial charge in [0.1, 0.15) is 30.0 Å². The standard InChI is InChI=1S/C17H15N5O2/c1-23-12-4-5-13(16(8-12)24-2)17-20-14-6-3-11(7-15(14)21-17)22-10-18-9-19-22/h3-10H,1-2H3,(H,20,21). The van der Waals surface area contributed by atoms with Crippen molar-refractivity contribution >= 4 is 11.0 Å². The van der Waals surface area contributed by atoms with E-state index in [1.807, 2.05) is 36.4 Å². The number of nitrogens with zero attached hydrogens (tertiary/aromatic N) is 4. The van der Waals surface area contributed by atoms with Gasteiger partial charge in [0.25, 0.3) is 0 Å². The van der Waals surface area contributed by atoms with E-state index in [-0.39, 0.29) is 0 Å². The fourth-order valence-electron chi connectivity index (χ4n) is 2.60. The molecule has 0 aliphatic heterocycles. The summed E-state index contributed by atoms with van der Waals surface area (Å²) in [6.07, 6.45) is 3.16. The summed E-state index contributed by atoms with van der Waals surface area (Å²) in [5, 5.41) is 4.14. The first kappa shape index (κ1) is 14.3. The average Bonchev–Trinajstić information content (AvgIpc) is 3.29. The monoisotopic (exact) mass is 321 g/mol. The second kappa shape index (κ2) is 5.69. The maximum atomic E-state index is 5.46. The lowest BCUT2D eigenvalue weighted by Crippen LogP contribution is -1.93. The Labute approximate surface area is 137 Å². The third-order valence-corrected chi connectivity index (χ3v) is 3.81. The summed E-state index contributed by atoms with van der Waals surface area (Å²) in [5.74, 6) is 2.17. The fourth-order valence-corrected chi connectivity index (χ4v) is 2.60. The highest BCUT2D eigenvalue weighted by molar-refractivity contribution is 5.82. The first-order chi connectivity index (χ1) is 11.8. The largest absolute Gasteiger partial charge is 0.497 e. The quantitative estimate of drug-likeness (QED) is 0.625. The van der Waals surface area contributed by atoms with Crippen LogP contribution in [-0.4, -0.2) is 39.0 Å². The normalized spacial score (nSPS) is 10.9. The van der Waals surface area contributed by atoms with Crippen LogP contribution in [0.15, 0.2) is 49.1 Å². The number of fused-ring (bicyclic) bond motifs is 1. The van der Waals surface area contributed by atoms with Gasteiger partial charge in [-0.25, -0.2) is 14.6 Å². The zero-order valence-corrected chi connectivity index (χ0v) is 13.2. The Morgan fingerprint density at radius 2 is 1.96 bits per heavy atom. The number of hydrogen-bond donors (Lipinski definition) is 1. The van der Waals surface area contributed by atoms with E-state index in [1.165, 1.54) is 6.33 Å². The van der Waals surface area contributed by atoms with Crippen molar-refractivity contribution in [3.63, 3.8) is 0 Å². The van der Waals surface area contributed by atoms with Crippen LogP contribution in [0.3, 0.4) is 0 Å². The molecule has 4 rings (SSSR count). The van der Waals surface area contributed by atoms with E-state index >= 15 is 0 Å². The molecule has 1 N–H and O–H groups in total. The number of H-pyrrole nitrogens is 1. The minimum absolute atomic E-state index is 0.699. The first-order valence-corrected chi connectivity index (χ1v) is 7.35. The number of benzene rings is 2. The first-order valence-electron chi connectivity index (χ1n) is 7.35. The molecule has 120 valence electrons. The molecule has 0 saturated carbocycles. The second-order valence-electron chi connectivity index (χ2n) is 5.19. The van der Waals surface area contributed by atoms with Gasteiger partial charge in [-0.05, 0) is 30.3 Å². The number of aromatic nitrogens is 5.